The quantitative estimate of drug-likeness (QED) is 0.840. The molecule has 0 aromatic heterocycles. The van der Waals surface area contributed by atoms with E-state index in [4.69, 9.17) is 16.3 Å². The van der Waals surface area contributed by atoms with Gasteiger partial charge in [-0.2, -0.15) is 0 Å². The molecule has 0 heterocycles. The van der Waals surface area contributed by atoms with Gasteiger partial charge in [0.1, 0.15) is 11.5 Å². The highest BCUT2D eigenvalue weighted by atomic mass is 35.5. The van der Waals surface area contributed by atoms with E-state index in [1.54, 1.807) is 6.07 Å². The molecule has 0 bridgehead atoms. The molecule has 5 heteroatoms. The second-order valence-electron chi connectivity index (χ2n) is 5.15. The van der Waals surface area contributed by atoms with Crippen LogP contribution >= 0.6 is 11.6 Å². The fourth-order valence-electron chi connectivity index (χ4n) is 2.54. The topological polar surface area (TPSA) is 58.6 Å². The molecule has 2 atom stereocenters. The molecule has 1 amide bonds. The molecule has 1 fully saturated rings. The van der Waals surface area contributed by atoms with Crippen molar-refractivity contribution in [3.8, 4) is 11.5 Å². The number of methoxy groups -OCH3 is 1. The summed E-state index contributed by atoms with van der Waals surface area (Å²) >= 11 is 6.27. The zero-order chi connectivity index (χ0) is 14.5. The van der Waals surface area contributed by atoms with Crippen LogP contribution in [0.3, 0.4) is 0 Å². The third kappa shape index (κ3) is 3.57. The Balaban J connectivity index is 1.97. The lowest BCUT2D eigenvalue weighted by molar-refractivity contribution is 0.0941. The Kier molecular flexibility index (Phi) is 5.12. The SMILES string of the molecule is COc1ccc(O)c(C(=O)NCC2CCCCC2Cl)c1. The molecule has 1 aliphatic rings. The minimum atomic E-state index is -0.296. The Morgan fingerprint density at radius 1 is 1.45 bits per heavy atom. The number of carbonyl (C=O) groups is 1. The summed E-state index contributed by atoms with van der Waals surface area (Å²) in [6.07, 6.45) is 4.37. The lowest BCUT2D eigenvalue weighted by Crippen LogP contribution is -2.34. The summed E-state index contributed by atoms with van der Waals surface area (Å²) in [5.74, 6) is 0.508. The molecule has 1 saturated carbocycles. The molecular formula is C15H20ClNO3. The molecule has 0 aliphatic heterocycles. The number of benzene rings is 1. The van der Waals surface area contributed by atoms with Gasteiger partial charge in [-0.15, -0.1) is 11.6 Å². The number of nitrogens with one attached hydrogen (secondary N) is 1. The van der Waals surface area contributed by atoms with E-state index >= 15 is 0 Å². The van der Waals surface area contributed by atoms with Crippen molar-refractivity contribution in [2.24, 2.45) is 5.92 Å². The summed E-state index contributed by atoms with van der Waals surface area (Å²) in [6.45, 7) is 0.545. The second kappa shape index (κ2) is 6.84. The van der Waals surface area contributed by atoms with Gasteiger partial charge in [0.15, 0.2) is 0 Å². The Morgan fingerprint density at radius 2 is 2.20 bits per heavy atom. The van der Waals surface area contributed by atoms with Crippen molar-refractivity contribution in [3.05, 3.63) is 23.8 Å². The third-order valence-electron chi connectivity index (χ3n) is 3.79. The number of aromatic hydroxyl groups is 1. The van der Waals surface area contributed by atoms with E-state index in [0.29, 0.717) is 18.2 Å². The molecule has 2 unspecified atom stereocenters. The van der Waals surface area contributed by atoms with Crippen LogP contribution in [0.1, 0.15) is 36.0 Å². The third-order valence-corrected chi connectivity index (χ3v) is 4.36. The molecule has 20 heavy (non-hydrogen) atoms. The monoisotopic (exact) mass is 297 g/mol. The van der Waals surface area contributed by atoms with Crippen LogP contribution < -0.4 is 10.1 Å². The molecule has 0 saturated heterocycles. The van der Waals surface area contributed by atoms with E-state index in [1.165, 1.54) is 19.2 Å². The second-order valence-corrected chi connectivity index (χ2v) is 5.71. The van der Waals surface area contributed by atoms with Gasteiger partial charge in [0.2, 0.25) is 0 Å². The Bertz CT molecular complexity index is 478. The lowest BCUT2D eigenvalue weighted by atomic mass is 9.88. The Labute approximate surface area is 124 Å². The average molecular weight is 298 g/mol. The summed E-state index contributed by atoms with van der Waals surface area (Å²) in [5.41, 5.74) is 0.228. The molecule has 0 spiro atoms. The molecule has 110 valence electrons. The van der Waals surface area contributed by atoms with Crippen LogP contribution in [0.2, 0.25) is 0 Å². The predicted molar refractivity (Wildman–Crippen MR) is 78.6 cm³/mol. The summed E-state index contributed by atoms with van der Waals surface area (Å²) in [4.78, 5) is 12.1. The van der Waals surface area contributed by atoms with Crippen molar-refractivity contribution in [2.45, 2.75) is 31.1 Å². The van der Waals surface area contributed by atoms with Gasteiger partial charge in [0, 0.05) is 11.9 Å². The van der Waals surface area contributed by atoms with E-state index in [9.17, 15) is 9.90 Å². The number of amides is 1. The molecule has 1 aromatic carbocycles. The van der Waals surface area contributed by atoms with Gasteiger partial charge in [-0.1, -0.05) is 12.8 Å². The van der Waals surface area contributed by atoms with Crippen LogP contribution in [0, 0.1) is 5.92 Å². The highest BCUT2D eigenvalue weighted by molar-refractivity contribution is 6.20. The number of rotatable bonds is 4. The number of halogens is 1. The van der Waals surface area contributed by atoms with Gasteiger partial charge in [-0.25, -0.2) is 0 Å². The number of phenols is 1. The highest BCUT2D eigenvalue weighted by Crippen LogP contribution is 2.28. The first-order chi connectivity index (χ1) is 9.61. The molecular weight excluding hydrogens is 278 g/mol. The van der Waals surface area contributed by atoms with Gasteiger partial charge in [0.05, 0.1) is 12.7 Å². The van der Waals surface area contributed by atoms with Crippen molar-refractivity contribution in [3.63, 3.8) is 0 Å². The fraction of sp³-hybridized carbons (Fsp3) is 0.533. The van der Waals surface area contributed by atoms with Crippen molar-refractivity contribution >= 4 is 17.5 Å². The minimum absolute atomic E-state index is 0.0469. The maximum absolute atomic E-state index is 12.1. The highest BCUT2D eigenvalue weighted by Gasteiger charge is 2.24. The fourth-order valence-corrected chi connectivity index (χ4v) is 2.90. The number of hydrogen-bond acceptors (Lipinski definition) is 3. The Hall–Kier alpha value is -1.42. The summed E-state index contributed by atoms with van der Waals surface area (Å²) in [5, 5.41) is 12.7. The zero-order valence-electron chi connectivity index (χ0n) is 11.6. The molecule has 1 aliphatic carbocycles. The van der Waals surface area contributed by atoms with Crippen molar-refractivity contribution < 1.29 is 14.6 Å². The number of carbonyl (C=O) groups excluding carboxylic acids is 1. The van der Waals surface area contributed by atoms with Gasteiger partial charge in [-0.05, 0) is 37.0 Å². The van der Waals surface area contributed by atoms with Crippen molar-refractivity contribution in [1.29, 1.82) is 0 Å². The normalized spacial score (nSPS) is 22.3. The van der Waals surface area contributed by atoms with E-state index in [1.807, 2.05) is 0 Å². The summed E-state index contributed by atoms with van der Waals surface area (Å²) in [7, 11) is 1.52. The minimum Gasteiger partial charge on any atom is -0.507 e. The maximum atomic E-state index is 12.1. The smallest absolute Gasteiger partial charge is 0.255 e. The largest absolute Gasteiger partial charge is 0.507 e. The standard InChI is InChI=1S/C15H20ClNO3/c1-20-11-6-7-14(18)12(8-11)15(19)17-9-10-4-2-3-5-13(10)16/h6-8,10,13,18H,2-5,9H2,1H3,(H,17,19). The number of hydrogen-bond donors (Lipinski definition) is 2. The molecule has 0 radical (unpaired) electrons. The average Bonchev–Trinajstić information content (AvgIpc) is 2.46. The lowest BCUT2D eigenvalue weighted by Gasteiger charge is -2.27. The van der Waals surface area contributed by atoms with Gasteiger partial charge >= 0.3 is 0 Å². The van der Waals surface area contributed by atoms with Crippen LogP contribution in [0.25, 0.3) is 0 Å². The van der Waals surface area contributed by atoms with Gasteiger partial charge < -0.3 is 15.2 Å². The van der Waals surface area contributed by atoms with Crippen molar-refractivity contribution in [2.75, 3.05) is 13.7 Å². The Morgan fingerprint density at radius 3 is 2.90 bits per heavy atom. The maximum Gasteiger partial charge on any atom is 0.255 e. The van der Waals surface area contributed by atoms with Crippen LogP contribution in [0.5, 0.6) is 11.5 Å². The number of phenolic OH excluding ortho intramolecular Hbond substituents is 1. The van der Waals surface area contributed by atoms with E-state index in [2.05, 4.69) is 5.32 Å². The zero-order valence-corrected chi connectivity index (χ0v) is 12.3. The summed E-state index contributed by atoms with van der Waals surface area (Å²) in [6, 6.07) is 4.60. The molecule has 2 rings (SSSR count). The predicted octanol–water partition coefficient (Wildman–Crippen LogP) is 2.93. The van der Waals surface area contributed by atoms with E-state index in [-0.39, 0.29) is 22.6 Å². The first-order valence-electron chi connectivity index (χ1n) is 6.91. The number of ether oxygens (including phenoxy) is 1. The van der Waals surface area contributed by atoms with E-state index < -0.39 is 0 Å². The van der Waals surface area contributed by atoms with Crippen LogP contribution in [0.15, 0.2) is 18.2 Å². The van der Waals surface area contributed by atoms with Crippen LogP contribution in [0.4, 0.5) is 0 Å². The first kappa shape index (κ1) is 15.0. The molecule has 4 nitrogen and oxygen atoms in total. The molecule has 2 N–H and O–H groups in total. The first-order valence-corrected chi connectivity index (χ1v) is 7.34. The summed E-state index contributed by atoms with van der Waals surface area (Å²) < 4.78 is 5.06. The van der Waals surface area contributed by atoms with Crippen molar-refractivity contribution in [1.82, 2.24) is 5.32 Å². The molecule has 1 aromatic rings. The van der Waals surface area contributed by atoms with Crippen LogP contribution in [-0.2, 0) is 0 Å². The van der Waals surface area contributed by atoms with Gasteiger partial charge in [0.25, 0.3) is 5.91 Å². The number of alkyl halides is 1. The van der Waals surface area contributed by atoms with Gasteiger partial charge in [-0.3, -0.25) is 4.79 Å². The van der Waals surface area contributed by atoms with Crippen LogP contribution in [-0.4, -0.2) is 30.0 Å². The van der Waals surface area contributed by atoms with E-state index in [0.717, 1.165) is 25.7 Å².